The van der Waals surface area contributed by atoms with E-state index in [1.54, 1.807) is 68.5 Å². The van der Waals surface area contributed by atoms with E-state index in [0.29, 0.717) is 48.6 Å². The number of aliphatic hydroxyl groups is 2. The molecule has 0 aliphatic heterocycles. The van der Waals surface area contributed by atoms with Crippen LogP contribution < -0.4 is 10.1 Å². The van der Waals surface area contributed by atoms with Crippen LogP contribution in [0.5, 0.6) is 5.75 Å². The predicted octanol–water partition coefficient (Wildman–Crippen LogP) is 9.28. The molecule has 0 fully saturated rings. The van der Waals surface area contributed by atoms with Crippen LogP contribution in [0.15, 0.2) is 103 Å². The van der Waals surface area contributed by atoms with Gasteiger partial charge in [-0.25, -0.2) is 9.18 Å². The lowest BCUT2D eigenvalue weighted by Crippen LogP contribution is -2.39. The van der Waals surface area contributed by atoms with Crippen LogP contribution in [0.2, 0.25) is 5.02 Å². The molecule has 1 amide bonds. The van der Waals surface area contributed by atoms with Crippen molar-refractivity contribution in [2.75, 3.05) is 19.8 Å². The topological polar surface area (TPSA) is 136 Å². The van der Waals surface area contributed by atoms with Gasteiger partial charge >= 0.3 is 11.9 Å². The number of hydrogen-bond donors (Lipinski definition) is 3. The molecule has 3 N–H and O–H groups in total. The van der Waals surface area contributed by atoms with Gasteiger partial charge in [-0.3, -0.25) is 9.59 Å². The number of esters is 2. The minimum atomic E-state index is -1.23. The van der Waals surface area contributed by atoms with Crippen LogP contribution in [-0.4, -0.2) is 70.2 Å². The summed E-state index contributed by atoms with van der Waals surface area (Å²) in [5, 5.41) is 25.9. The summed E-state index contributed by atoms with van der Waals surface area (Å²) < 4.78 is 32.6. The largest absolute Gasteiger partial charge is 0.476 e. The number of fused-ring (bicyclic) bond motifs is 1. The molecule has 0 aliphatic rings. The number of aromatic nitrogens is 1. The molecule has 5 rings (SSSR count). The Hall–Kier alpha value is -5.49. The summed E-state index contributed by atoms with van der Waals surface area (Å²) in [6, 6.07) is 28.3. The summed E-state index contributed by atoms with van der Waals surface area (Å²) in [4.78, 5) is 37.5. The van der Waals surface area contributed by atoms with E-state index in [2.05, 4.69) is 23.7 Å². The molecular weight excluding hydrogens is 787 g/mol. The van der Waals surface area contributed by atoms with Crippen molar-refractivity contribution in [1.82, 2.24) is 9.88 Å². The third kappa shape index (κ3) is 13.0. The second kappa shape index (κ2) is 21.7. The Balaban J connectivity index is 0.975. The Bertz CT molecular complexity index is 2220. The van der Waals surface area contributed by atoms with Crippen molar-refractivity contribution in [3.8, 4) is 16.9 Å². The summed E-state index contributed by atoms with van der Waals surface area (Å²) >= 11 is 5.89. The number of rotatable bonds is 21. The molecule has 318 valence electrons. The first kappa shape index (κ1) is 45.6. The van der Waals surface area contributed by atoms with E-state index in [0.717, 1.165) is 33.3 Å². The molecule has 2 atom stereocenters. The average Bonchev–Trinajstić information content (AvgIpc) is 3.55. The second-order valence-electron chi connectivity index (χ2n) is 15.5. The van der Waals surface area contributed by atoms with Crippen molar-refractivity contribution in [3.63, 3.8) is 0 Å². The Morgan fingerprint density at radius 2 is 1.53 bits per heavy atom. The Kier molecular flexibility index (Phi) is 16.5. The molecule has 60 heavy (non-hydrogen) atoms. The van der Waals surface area contributed by atoms with Crippen LogP contribution in [0.1, 0.15) is 87.5 Å². The van der Waals surface area contributed by atoms with E-state index in [1.165, 1.54) is 12.1 Å². The van der Waals surface area contributed by atoms with Crippen LogP contribution in [-0.2, 0) is 25.5 Å². The zero-order chi connectivity index (χ0) is 43.2. The monoisotopic (exact) mass is 840 g/mol. The van der Waals surface area contributed by atoms with Crippen molar-refractivity contribution >= 4 is 46.4 Å². The number of nitrogens with one attached hydrogen (secondary N) is 1. The first-order valence-corrected chi connectivity index (χ1v) is 20.7. The van der Waals surface area contributed by atoms with Gasteiger partial charge in [0, 0.05) is 51.8 Å². The highest BCUT2D eigenvalue weighted by atomic mass is 35.5. The number of amides is 1. The molecule has 4 aromatic carbocycles. The Labute approximate surface area is 355 Å². The summed E-state index contributed by atoms with van der Waals surface area (Å²) in [5.41, 5.74) is 3.90. The quantitative estimate of drug-likeness (QED) is 0.0492. The van der Waals surface area contributed by atoms with E-state index < -0.39 is 29.7 Å². The van der Waals surface area contributed by atoms with Crippen molar-refractivity contribution < 1.29 is 43.2 Å². The molecule has 0 spiro atoms. The smallest absolute Gasteiger partial charge is 0.349 e. The first-order valence-electron chi connectivity index (χ1n) is 20.3. The molecule has 0 saturated carbocycles. The first-order chi connectivity index (χ1) is 28.7. The number of ether oxygens (including phenoxy) is 3. The van der Waals surface area contributed by atoms with Gasteiger partial charge in [-0.2, -0.15) is 0 Å². The minimum absolute atomic E-state index is 0.0660. The number of unbranched alkanes of at least 4 members (excludes halogenated alkanes) is 2. The minimum Gasteiger partial charge on any atom is -0.476 e. The van der Waals surface area contributed by atoms with Gasteiger partial charge < -0.3 is 34.3 Å². The number of benzene rings is 4. The highest BCUT2D eigenvalue weighted by Gasteiger charge is 2.32. The molecular formula is C48H54ClFN2O8. The molecule has 0 saturated heterocycles. The molecule has 12 heteroatoms. The van der Waals surface area contributed by atoms with Gasteiger partial charge in [-0.15, -0.1) is 0 Å². The zero-order valence-corrected chi connectivity index (χ0v) is 35.3. The van der Waals surface area contributed by atoms with Gasteiger partial charge in [-0.1, -0.05) is 60.1 Å². The van der Waals surface area contributed by atoms with Crippen LogP contribution in [0, 0.1) is 5.82 Å². The van der Waals surface area contributed by atoms with Gasteiger partial charge in [0.05, 0.1) is 31.8 Å². The lowest BCUT2D eigenvalue weighted by molar-refractivity contribution is -0.159. The summed E-state index contributed by atoms with van der Waals surface area (Å²) in [6.45, 7) is 8.18. The molecule has 1 heterocycles. The number of hydrogen-bond acceptors (Lipinski definition) is 8. The number of halogens is 2. The summed E-state index contributed by atoms with van der Waals surface area (Å²) in [7, 11) is 0. The number of carbonyl (C=O) groups excluding carboxylic acids is 3. The van der Waals surface area contributed by atoms with E-state index in [4.69, 9.17) is 25.8 Å². The normalized spacial score (nSPS) is 12.8. The molecule has 1 aromatic heterocycles. The van der Waals surface area contributed by atoms with E-state index in [9.17, 15) is 29.0 Å². The molecule has 0 aliphatic carbocycles. The third-order valence-electron chi connectivity index (χ3n) is 9.87. The van der Waals surface area contributed by atoms with Crippen LogP contribution >= 0.6 is 11.6 Å². The fourth-order valence-corrected chi connectivity index (χ4v) is 6.93. The van der Waals surface area contributed by atoms with E-state index in [1.807, 2.05) is 42.5 Å². The third-order valence-corrected chi connectivity index (χ3v) is 10.1. The molecule has 0 unspecified atom stereocenters. The lowest BCUT2D eigenvalue weighted by atomic mass is 10.0. The molecule has 0 radical (unpaired) electrons. The van der Waals surface area contributed by atoms with Crippen molar-refractivity contribution in [3.05, 3.63) is 131 Å². The number of aliphatic hydroxyl groups excluding tert-OH is 2. The fraction of sp³-hybridized carbons (Fsp3) is 0.354. The van der Waals surface area contributed by atoms with Crippen LogP contribution in [0.4, 0.5) is 4.39 Å². The number of nitrogens with zero attached hydrogens (tertiary/aromatic N) is 1. The van der Waals surface area contributed by atoms with E-state index >= 15 is 0 Å². The van der Waals surface area contributed by atoms with Gasteiger partial charge in [-0.05, 0) is 125 Å². The summed E-state index contributed by atoms with van der Waals surface area (Å²) in [6.07, 6.45) is 3.29. The summed E-state index contributed by atoms with van der Waals surface area (Å²) in [5.74, 6) is -1.08. The van der Waals surface area contributed by atoms with Gasteiger partial charge in [0.15, 0.2) is 5.60 Å². The lowest BCUT2D eigenvalue weighted by Gasteiger charge is -2.24. The molecule has 5 aromatic rings. The molecule has 0 bridgehead atoms. The van der Waals surface area contributed by atoms with E-state index in [-0.39, 0.29) is 43.8 Å². The van der Waals surface area contributed by atoms with Crippen LogP contribution in [0.3, 0.4) is 0 Å². The highest BCUT2D eigenvalue weighted by Crippen LogP contribution is 2.38. The Morgan fingerprint density at radius 3 is 2.22 bits per heavy atom. The SMILES string of the molecule is CC(C)n1c(/C=C/[C@@H](O)C[C@@H](O)CC(=O)OCCCCCOC(=O)C(C)(C)Oc2ccc(CCNC(=O)c3ccc(Cl)cc3)cc2)c(-c2ccc(F)cc2)c2ccccc21. The van der Waals surface area contributed by atoms with Gasteiger partial charge in [0.1, 0.15) is 11.6 Å². The van der Waals surface area contributed by atoms with Crippen molar-refractivity contribution in [2.24, 2.45) is 0 Å². The zero-order valence-electron chi connectivity index (χ0n) is 34.5. The number of para-hydroxylation sites is 1. The maximum Gasteiger partial charge on any atom is 0.349 e. The second-order valence-corrected chi connectivity index (χ2v) is 15.9. The van der Waals surface area contributed by atoms with Crippen LogP contribution in [0.25, 0.3) is 28.1 Å². The Morgan fingerprint density at radius 1 is 0.867 bits per heavy atom. The average molecular weight is 841 g/mol. The standard InChI is InChI=1S/C48H54ClFN2O8/c1-32(2)52-42-11-7-6-10-41(42)45(34-16-20-37(50)21-17-34)43(52)25-22-38(53)30-39(54)31-44(55)58-28-8-5-9-29-59-47(57)48(3,4)60-40-23-12-33(13-24-40)26-27-51-46(56)35-14-18-36(49)19-15-35/h6-7,10-25,32,38-39,53-54H,5,8-9,26-31H2,1-4H3,(H,51,56)/b25-22+/t38-,39-/m1/s1. The van der Waals surface area contributed by atoms with Gasteiger partial charge in [0.2, 0.25) is 0 Å². The number of carbonyl (C=O) groups is 3. The molecule has 10 nitrogen and oxygen atoms in total. The predicted molar refractivity (Wildman–Crippen MR) is 232 cm³/mol. The van der Waals surface area contributed by atoms with Crippen molar-refractivity contribution in [1.29, 1.82) is 0 Å². The highest BCUT2D eigenvalue weighted by molar-refractivity contribution is 6.30. The maximum atomic E-state index is 13.8. The fourth-order valence-electron chi connectivity index (χ4n) is 6.81. The van der Waals surface area contributed by atoms with Crippen molar-refractivity contribution in [2.45, 2.75) is 90.1 Å². The van der Waals surface area contributed by atoms with Gasteiger partial charge in [0.25, 0.3) is 5.91 Å². The maximum absolute atomic E-state index is 13.8.